The lowest BCUT2D eigenvalue weighted by Crippen LogP contribution is -2.36. The summed E-state index contributed by atoms with van der Waals surface area (Å²) in [6, 6.07) is 7.34. The Morgan fingerprint density at radius 1 is 1.24 bits per heavy atom. The molecule has 1 aromatic rings. The highest BCUT2D eigenvalue weighted by atomic mass is 16.5. The summed E-state index contributed by atoms with van der Waals surface area (Å²) in [5, 5.41) is 0. The molecule has 0 bridgehead atoms. The molecule has 4 nitrogen and oxygen atoms in total. The van der Waals surface area contributed by atoms with Crippen molar-refractivity contribution in [2.45, 2.75) is 19.9 Å². The maximum atomic E-state index is 11.7. The maximum absolute atomic E-state index is 11.7. The van der Waals surface area contributed by atoms with Crippen molar-refractivity contribution in [3.63, 3.8) is 0 Å². The van der Waals surface area contributed by atoms with Gasteiger partial charge in [0.05, 0.1) is 7.11 Å². The summed E-state index contributed by atoms with van der Waals surface area (Å²) in [7, 11) is 3.38. The fraction of sp³-hybridized carbons (Fsp3) is 0.462. The van der Waals surface area contributed by atoms with Crippen molar-refractivity contribution in [2.24, 2.45) is 0 Å². The SMILES string of the molecule is COc1ccc(OCC(=O)N(C)C(C)C)cc1. The van der Waals surface area contributed by atoms with Crippen molar-refractivity contribution in [2.75, 3.05) is 20.8 Å². The molecule has 0 saturated carbocycles. The van der Waals surface area contributed by atoms with E-state index in [9.17, 15) is 4.79 Å². The Bertz CT molecular complexity index is 359. The summed E-state index contributed by atoms with van der Waals surface area (Å²) in [4.78, 5) is 13.3. The minimum absolute atomic E-state index is 0.0316. The standard InChI is InChI=1S/C13H19NO3/c1-10(2)14(3)13(15)9-17-12-7-5-11(16-4)6-8-12/h5-8,10H,9H2,1-4H3. The molecule has 0 aliphatic rings. The van der Waals surface area contributed by atoms with Crippen LogP contribution in [-0.4, -0.2) is 37.6 Å². The highest BCUT2D eigenvalue weighted by Crippen LogP contribution is 2.16. The van der Waals surface area contributed by atoms with Gasteiger partial charge in [0.25, 0.3) is 5.91 Å². The zero-order valence-corrected chi connectivity index (χ0v) is 10.8. The molecule has 1 rings (SSSR count). The van der Waals surface area contributed by atoms with Crippen LogP contribution in [0.3, 0.4) is 0 Å². The molecular formula is C13H19NO3. The number of benzene rings is 1. The van der Waals surface area contributed by atoms with Crippen LogP contribution in [0.5, 0.6) is 11.5 Å². The molecule has 0 fully saturated rings. The van der Waals surface area contributed by atoms with E-state index < -0.39 is 0 Å². The van der Waals surface area contributed by atoms with Crippen LogP contribution in [0.15, 0.2) is 24.3 Å². The van der Waals surface area contributed by atoms with Crippen LogP contribution in [0.4, 0.5) is 0 Å². The number of amides is 1. The highest BCUT2D eigenvalue weighted by Gasteiger charge is 2.12. The van der Waals surface area contributed by atoms with Crippen LogP contribution < -0.4 is 9.47 Å². The molecular weight excluding hydrogens is 218 g/mol. The number of carbonyl (C=O) groups excluding carboxylic acids is 1. The molecule has 94 valence electrons. The van der Waals surface area contributed by atoms with E-state index >= 15 is 0 Å². The van der Waals surface area contributed by atoms with Gasteiger partial charge in [-0.05, 0) is 38.1 Å². The Labute approximate surface area is 102 Å². The molecule has 0 aromatic heterocycles. The first-order valence-corrected chi connectivity index (χ1v) is 5.57. The van der Waals surface area contributed by atoms with Crippen LogP contribution in [0.2, 0.25) is 0 Å². The summed E-state index contributed by atoms with van der Waals surface area (Å²) >= 11 is 0. The smallest absolute Gasteiger partial charge is 0.260 e. The van der Waals surface area contributed by atoms with E-state index in [2.05, 4.69) is 0 Å². The van der Waals surface area contributed by atoms with Gasteiger partial charge in [0, 0.05) is 13.1 Å². The Morgan fingerprint density at radius 3 is 2.24 bits per heavy atom. The van der Waals surface area contributed by atoms with Crippen molar-refractivity contribution >= 4 is 5.91 Å². The average Bonchev–Trinajstić information content (AvgIpc) is 2.35. The molecule has 0 N–H and O–H groups in total. The summed E-state index contributed by atoms with van der Waals surface area (Å²) < 4.78 is 10.4. The van der Waals surface area contributed by atoms with Gasteiger partial charge in [-0.15, -0.1) is 0 Å². The van der Waals surface area contributed by atoms with Crippen LogP contribution in [0, 0.1) is 0 Å². The molecule has 0 heterocycles. The Morgan fingerprint density at radius 2 is 1.76 bits per heavy atom. The van der Waals surface area contributed by atoms with Gasteiger partial charge in [-0.3, -0.25) is 4.79 Å². The van der Waals surface area contributed by atoms with Gasteiger partial charge in [-0.1, -0.05) is 0 Å². The predicted octanol–water partition coefficient (Wildman–Crippen LogP) is 1.94. The van der Waals surface area contributed by atoms with Crippen molar-refractivity contribution in [1.82, 2.24) is 4.90 Å². The lowest BCUT2D eigenvalue weighted by molar-refractivity contribution is -0.133. The number of likely N-dealkylation sites (N-methyl/N-ethyl adjacent to an activating group) is 1. The van der Waals surface area contributed by atoms with Crippen LogP contribution in [0.1, 0.15) is 13.8 Å². The lowest BCUT2D eigenvalue weighted by Gasteiger charge is -2.21. The normalized spacial score (nSPS) is 10.2. The third-order valence-electron chi connectivity index (χ3n) is 2.59. The van der Waals surface area contributed by atoms with E-state index in [4.69, 9.17) is 9.47 Å². The number of hydrogen-bond donors (Lipinski definition) is 0. The second-order valence-corrected chi connectivity index (χ2v) is 4.06. The maximum Gasteiger partial charge on any atom is 0.260 e. The summed E-state index contributed by atoms with van der Waals surface area (Å²) in [5.41, 5.74) is 0. The largest absolute Gasteiger partial charge is 0.497 e. The molecule has 0 radical (unpaired) electrons. The van der Waals surface area contributed by atoms with E-state index in [0.29, 0.717) is 5.75 Å². The molecule has 17 heavy (non-hydrogen) atoms. The van der Waals surface area contributed by atoms with E-state index in [-0.39, 0.29) is 18.6 Å². The van der Waals surface area contributed by atoms with Crippen molar-refractivity contribution in [3.8, 4) is 11.5 Å². The number of rotatable bonds is 5. The molecule has 0 aliphatic heterocycles. The molecule has 0 unspecified atom stereocenters. The van der Waals surface area contributed by atoms with Crippen molar-refractivity contribution < 1.29 is 14.3 Å². The number of methoxy groups -OCH3 is 1. The summed E-state index contributed by atoms with van der Waals surface area (Å²) in [6.07, 6.45) is 0. The first-order valence-electron chi connectivity index (χ1n) is 5.57. The Kier molecular flexibility index (Phi) is 4.82. The lowest BCUT2D eigenvalue weighted by atomic mass is 10.3. The minimum Gasteiger partial charge on any atom is -0.497 e. The number of carbonyl (C=O) groups is 1. The Balaban J connectivity index is 2.47. The Hall–Kier alpha value is -1.71. The van der Waals surface area contributed by atoms with E-state index in [1.165, 1.54) is 0 Å². The minimum atomic E-state index is -0.0316. The van der Waals surface area contributed by atoms with Gasteiger partial charge in [0.15, 0.2) is 6.61 Å². The molecule has 1 amide bonds. The number of ether oxygens (including phenoxy) is 2. The second kappa shape index (κ2) is 6.13. The van der Waals surface area contributed by atoms with Gasteiger partial charge in [-0.25, -0.2) is 0 Å². The number of hydrogen-bond acceptors (Lipinski definition) is 3. The quantitative estimate of drug-likeness (QED) is 0.785. The van der Waals surface area contributed by atoms with Gasteiger partial charge < -0.3 is 14.4 Å². The first-order chi connectivity index (χ1) is 8.04. The van der Waals surface area contributed by atoms with Gasteiger partial charge >= 0.3 is 0 Å². The summed E-state index contributed by atoms with van der Waals surface area (Å²) in [5.74, 6) is 1.40. The first kappa shape index (κ1) is 13.4. The molecule has 0 aliphatic carbocycles. The van der Waals surface area contributed by atoms with E-state index in [1.807, 2.05) is 13.8 Å². The van der Waals surface area contributed by atoms with Crippen molar-refractivity contribution in [1.29, 1.82) is 0 Å². The molecule has 0 saturated heterocycles. The van der Waals surface area contributed by atoms with Crippen LogP contribution >= 0.6 is 0 Å². The fourth-order valence-electron chi connectivity index (χ4n) is 1.21. The summed E-state index contributed by atoms with van der Waals surface area (Å²) in [6.45, 7) is 3.98. The topological polar surface area (TPSA) is 38.8 Å². The van der Waals surface area contributed by atoms with Crippen LogP contribution in [-0.2, 0) is 4.79 Å². The third kappa shape index (κ3) is 3.98. The van der Waals surface area contributed by atoms with Gasteiger partial charge in [0.2, 0.25) is 0 Å². The van der Waals surface area contributed by atoms with Gasteiger partial charge in [-0.2, -0.15) is 0 Å². The molecule has 0 spiro atoms. The fourth-order valence-corrected chi connectivity index (χ4v) is 1.21. The molecule has 0 atom stereocenters. The van der Waals surface area contributed by atoms with Gasteiger partial charge in [0.1, 0.15) is 11.5 Å². The zero-order chi connectivity index (χ0) is 12.8. The number of nitrogens with zero attached hydrogens (tertiary/aromatic N) is 1. The molecule has 1 aromatic carbocycles. The van der Waals surface area contributed by atoms with Crippen LogP contribution in [0.25, 0.3) is 0 Å². The monoisotopic (exact) mass is 237 g/mol. The highest BCUT2D eigenvalue weighted by molar-refractivity contribution is 5.77. The second-order valence-electron chi connectivity index (χ2n) is 4.06. The third-order valence-corrected chi connectivity index (χ3v) is 2.59. The molecule has 4 heteroatoms. The predicted molar refractivity (Wildman–Crippen MR) is 66.4 cm³/mol. The average molecular weight is 237 g/mol. The van der Waals surface area contributed by atoms with E-state index in [0.717, 1.165) is 5.75 Å². The van der Waals surface area contributed by atoms with Crippen molar-refractivity contribution in [3.05, 3.63) is 24.3 Å². The zero-order valence-electron chi connectivity index (χ0n) is 10.8. The van der Waals surface area contributed by atoms with E-state index in [1.54, 1.807) is 43.3 Å².